The predicted octanol–water partition coefficient (Wildman–Crippen LogP) is 5.29. The second kappa shape index (κ2) is 9.44. The smallest absolute Gasteiger partial charge is 0.306 e. The Balaban J connectivity index is 1.75. The normalized spacial score (nSPS) is 19.0. The second-order valence-corrected chi connectivity index (χ2v) is 7.80. The van der Waals surface area contributed by atoms with Gasteiger partial charge in [0, 0.05) is 23.6 Å². The lowest BCUT2D eigenvalue weighted by atomic mass is 9.83. The third-order valence-electron chi connectivity index (χ3n) is 5.31. The first-order valence-electron chi connectivity index (χ1n) is 9.89. The molecular formula is C22H25ClFNO4. The maximum Gasteiger partial charge on any atom is 0.306 e. The molecule has 1 aliphatic carbocycles. The highest BCUT2D eigenvalue weighted by atomic mass is 35.5. The third-order valence-corrected chi connectivity index (χ3v) is 5.63. The van der Waals surface area contributed by atoms with E-state index in [0.29, 0.717) is 30.8 Å². The molecule has 3 rings (SSSR count). The molecule has 1 saturated carbocycles. The molecule has 0 spiro atoms. The Hall–Kier alpha value is -2.34. The van der Waals surface area contributed by atoms with Crippen LogP contribution >= 0.6 is 11.6 Å². The van der Waals surface area contributed by atoms with E-state index in [0.717, 1.165) is 19.3 Å². The zero-order valence-electron chi connectivity index (χ0n) is 16.6. The fraction of sp³-hybridized carbons (Fsp3) is 0.455. The minimum absolute atomic E-state index is 0.0612. The first-order chi connectivity index (χ1) is 13.9. The number of hydrogen-bond donors (Lipinski definition) is 1. The van der Waals surface area contributed by atoms with Gasteiger partial charge in [-0.25, -0.2) is 4.39 Å². The van der Waals surface area contributed by atoms with Gasteiger partial charge in [-0.1, -0.05) is 24.1 Å². The van der Waals surface area contributed by atoms with Gasteiger partial charge in [-0.05, 0) is 51.2 Å². The number of amides is 1. The maximum absolute atomic E-state index is 14.4. The summed E-state index contributed by atoms with van der Waals surface area (Å²) in [6.45, 7) is 3.82. The molecular weight excluding hydrogens is 397 g/mol. The van der Waals surface area contributed by atoms with Crippen LogP contribution in [-0.4, -0.2) is 24.5 Å². The van der Waals surface area contributed by atoms with Crippen molar-refractivity contribution < 1.29 is 23.1 Å². The Morgan fingerprint density at radius 2 is 2.14 bits per heavy atom. The number of benzene rings is 1. The van der Waals surface area contributed by atoms with Crippen molar-refractivity contribution in [2.75, 3.05) is 6.61 Å². The van der Waals surface area contributed by atoms with Crippen molar-refractivity contribution in [3.8, 4) is 11.1 Å². The minimum Gasteiger partial charge on any atom is -0.468 e. The topological polar surface area (TPSA) is 68.5 Å². The minimum atomic E-state index is -0.514. The van der Waals surface area contributed by atoms with E-state index in [4.69, 9.17) is 20.8 Å². The Labute approximate surface area is 174 Å². The predicted molar refractivity (Wildman–Crippen MR) is 108 cm³/mol. The highest BCUT2D eigenvalue weighted by molar-refractivity contribution is 6.33. The monoisotopic (exact) mass is 421 g/mol. The molecule has 1 aliphatic rings. The van der Waals surface area contributed by atoms with E-state index < -0.39 is 5.82 Å². The van der Waals surface area contributed by atoms with Crippen molar-refractivity contribution in [1.29, 1.82) is 0 Å². The van der Waals surface area contributed by atoms with Crippen LogP contribution in [0.1, 0.15) is 55.1 Å². The average molecular weight is 422 g/mol. The molecule has 1 aromatic carbocycles. The van der Waals surface area contributed by atoms with Crippen LogP contribution in [0.3, 0.4) is 0 Å². The number of nitrogens with one attached hydrogen (secondary N) is 1. The molecule has 1 aromatic heterocycles. The van der Waals surface area contributed by atoms with Crippen LogP contribution in [0.2, 0.25) is 5.02 Å². The Bertz CT molecular complexity index is 875. The second-order valence-electron chi connectivity index (χ2n) is 7.39. The summed E-state index contributed by atoms with van der Waals surface area (Å²) >= 11 is 6.18. The summed E-state index contributed by atoms with van der Waals surface area (Å²) in [6, 6.07) is 4.32. The van der Waals surface area contributed by atoms with Gasteiger partial charge in [0.25, 0.3) is 5.91 Å². The molecule has 2 aromatic rings. The van der Waals surface area contributed by atoms with Crippen molar-refractivity contribution in [2.45, 2.75) is 52.0 Å². The molecule has 1 fully saturated rings. The number of rotatable bonds is 6. The van der Waals surface area contributed by atoms with Gasteiger partial charge in [-0.15, -0.1) is 0 Å². The number of esters is 1. The fourth-order valence-electron chi connectivity index (χ4n) is 4.00. The third kappa shape index (κ3) is 4.99. The van der Waals surface area contributed by atoms with Gasteiger partial charge < -0.3 is 14.5 Å². The fourth-order valence-corrected chi connectivity index (χ4v) is 4.26. The lowest BCUT2D eigenvalue weighted by Crippen LogP contribution is -2.39. The summed E-state index contributed by atoms with van der Waals surface area (Å²) in [5.41, 5.74) is 0.770. The van der Waals surface area contributed by atoms with Crippen LogP contribution in [0, 0.1) is 18.7 Å². The molecule has 0 saturated heterocycles. The molecule has 0 radical (unpaired) electrons. The molecule has 0 bridgehead atoms. The Morgan fingerprint density at radius 3 is 2.86 bits per heavy atom. The van der Waals surface area contributed by atoms with Gasteiger partial charge in [0.1, 0.15) is 11.6 Å². The van der Waals surface area contributed by atoms with Crippen LogP contribution in [0.4, 0.5) is 4.39 Å². The van der Waals surface area contributed by atoms with E-state index in [1.807, 2.05) is 0 Å². The van der Waals surface area contributed by atoms with Gasteiger partial charge in [0.05, 0.1) is 23.5 Å². The molecule has 7 heteroatoms. The van der Waals surface area contributed by atoms with Gasteiger partial charge in [0.15, 0.2) is 0 Å². The SMILES string of the molecule is CCOC(=O)CC1CCCC(NC(=O)c2c(-c3c(F)cccc3Cl)coc2C)C1. The summed E-state index contributed by atoms with van der Waals surface area (Å²) in [4.78, 5) is 24.8. The molecule has 5 nitrogen and oxygen atoms in total. The number of carbonyl (C=O) groups is 2. The molecule has 2 atom stereocenters. The van der Waals surface area contributed by atoms with E-state index in [2.05, 4.69) is 5.32 Å². The van der Waals surface area contributed by atoms with Crippen molar-refractivity contribution in [2.24, 2.45) is 5.92 Å². The van der Waals surface area contributed by atoms with Crippen molar-refractivity contribution in [3.05, 3.63) is 46.6 Å². The summed E-state index contributed by atoms with van der Waals surface area (Å²) < 4.78 is 24.8. The van der Waals surface area contributed by atoms with Crippen LogP contribution in [-0.2, 0) is 9.53 Å². The highest BCUT2D eigenvalue weighted by Gasteiger charge is 2.28. The number of furan rings is 1. The van der Waals surface area contributed by atoms with E-state index in [1.54, 1.807) is 19.9 Å². The highest BCUT2D eigenvalue weighted by Crippen LogP contribution is 2.36. The van der Waals surface area contributed by atoms with Crippen LogP contribution in [0.15, 0.2) is 28.9 Å². The zero-order chi connectivity index (χ0) is 21.0. The van der Waals surface area contributed by atoms with E-state index in [9.17, 15) is 14.0 Å². The molecule has 0 aliphatic heterocycles. The lowest BCUT2D eigenvalue weighted by molar-refractivity contribution is -0.144. The van der Waals surface area contributed by atoms with E-state index in [1.165, 1.54) is 18.4 Å². The average Bonchev–Trinajstić information content (AvgIpc) is 3.03. The maximum atomic E-state index is 14.4. The van der Waals surface area contributed by atoms with Crippen LogP contribution in [0.5, 0.6) is 0 Å². The Kier molecular flexibility index (Phi) is 6.96. The van der Waals surface area contributed by atoms with Gasteiger partial charge in [0.2, 0.25) is 0 Å². The number of aryl methyl sites for hydroxylation is 1. The quantitative estimate of drug-likeness (QED) is 0.643. The van der Waals surface area contributed by atoms with Gasteiger partial charge in [-0.2, -0.15) is 0 Å². The molecule has 29 heavy (non-hydrogen) atoms. The standard InChI is InChI=1S/C22H25ClFNO4/c1-3-28-19(26)11-14-6-4-7-15(10-14)25-22(27)20-13(2)29-12-16(20)21-17(23)8-5-9-18(21)24/h5,8-9,12,14-15H,3-4,6-7,10-11H2,1-2H3,(H,25,27). The first kappa shape index (κ1) is 21.4. The molecule has 1 heterocycles. The number of halogens is 2. The summed E-state index contributed by atoms with van der Waals surface area (Å²) in [7, 11) is 0. The van der Waals surface area contributed by atoms with E-state index >= 15 is 0 Å². The van der Waals surface area contributed by atoms with Gasteiger partial charge >= 0.3 is 5.97 Å². The van der Waals surface area contributed by atoms with Crippen LogP contribution in [0.25, 0.3) is 11.1 Å². The van der Waals surface area contributed by atoms with E-state index in [-0.39, 0.29) is 40.0 Å². The van der Waals surface area contributed by atoms with Gasteiger partial charge in [-0.3, -0.25) is 9.59 Å². The zero-order valence-corrected chi connectivity index (χ0v) is 17.4. The summed E-state index contributed by atoms with van der Waals surface area (Å²) in [5.74, 6) is -0.465. The molecule has 1 amide bonds. The molecule has 1 N–H and O–H groups in total. The largest absolute Gasteiger partial charge is 0.468 e. The number of carbonyl (C=O) groups excluding carboxylic acids is 2. The Morgan fingerprint density at radius 1 is 1.34 bits per heavy atom. The van der Waals surface area contributed by atoms with Crippen LogP contribution < -0.4 is 5.32 Å². The van der Waals surface area contributed by atoms with Crippen molar-refractivity contribution >= 4 is 23.5 Å². The lowest BCUT2D eigenvalue weighted by Gasteiger charge is -2.29. The van der Waals surface area contributed by atoms with Crippen molar-refractivity contribution in [3.63, 3.8) is 0 Å². The molecule has 156 valence electrons. The summed E-state index contributed by atoms with van der Waals surface area (Å²) in [5, 5.41) is 3.24. The van der Waals surface area contributed by atoms with Crippen molar-refractivity contribution in [1.82, 2.24) is 5.32 Å². The first-order valence-corrected chi connectivity index (χ1v) is 10.3. The summed E-state index contributed by atoms with van der Waals surface area (Å²) in [6.07, 6.45) is 5.12. The number of ether oxygens (including phenoxy) is 1. The molecule has 2 unspecified atom stereocenters. The number of hydrogen-bond acceptors (Lipinski definition) is 4.